The topological polar surface area (TPSA) is 38.7 Å². The summed E-state index contributed by atoms with van der Waals surface area (Å²) < 4.78 is 32.7. The van der Waals surface area contributed by atoms with Crippen molar-refractivity contribution in [3.8, 4) is 78.7 Å². The molecule has 272 valence electrons. The Morgan fingerprint density at radius 1 is 0.276 bits per heavy atom. The van der Waals surface area contributed by atoms with Crippen molar-refractivity contribution in [1.29, 1.82) is 0 Å². The molecule has 9 aromatic rings. The maximum absolute atomic E-state index is 16.3. The van der Waals surface area contributed by atoms with Gasteiger partial charge in [-0.2, -0.15) is 8.78 Å². The highest BCUT2D eigenvalue weighted by molar-refractivity contribution is 5.96. The third kappa shape index (κ3) is 4.50. The number of fused-ring (bicyclic) bond motifs is 13. The highest BCUT2D eigenvalue weighted by atomic mass is 19.3. The van der Waals surface area contributed by atoms with Crippen LogP contribution in [0, 0.1) is 0 Å². The van der Waals surface area contributed by atoms with Crippen molar-refractivity contribution in [3.05, 3.63) is 221 Å². The average Bonchev–Trinajstić information content (AvgIpc) is 3.84. The molecule has 3 nitrogen and oxygen atoms in total. The first-order chi connectivity index (χ1) is 28.5. The number of hydrogen-bond donors (Lipinski definition) is 0. The van der Waals surface area contributed by atoms with Crippen molar-refractivity contribution in [2.24, 2.45) is 0 Å². The summed E-state index contributed by atoms with van der Waals surface area (Å²) in [5.41, 5.74) is 14.5. The normalized spacial score (nSPS) is 14.3. The number of alkyl halides is 2. The monoisotopic (exact) mass is 747 g/mol. The van der Waals surface area contributed by atoms with Crippen molar-refractivity contribution in [2.75, 3.05) is 0 Å². The molecule has 0 N–H and O–H groups in total. The lowest BCUT2D eigenvalue weighted by molar-refractivity contribution is 0.0480. The minimum Gasteiger partial charge on any atom is -0.208 e. The van der Waals surface area contributed by atoms with Gasteiger partial charge in [-0.1, -0.05) is 170 Å². The molecule has 1 spiro atoms. The van der Waals surface area contributed by atoms with Gasteiger partial charge in [-0.05, 0) is 85.0 Å². The van der Waals surface area contributed by atoms with Crippen LogP contribution in [0.5, 0.6) is 0 Å². The Kier molecular flexibility index (Phi) is 6.83. The first kappa shape index (κ1) is 32.8. The van der Waals surface area contributed by atoms with E-state index in [-0.39, 0.29) is 11.1 Å². The van der Waals surface area contributed by atoms with Gasteiger partial charge in [-0.15, -0.1) is 0 Å². The van der Waals surface area contributed by atoms with Crippen LogP contribution in [0.1, 0.15) is 33.4 Å². The van der Waals surface area contributed by atoms with Crippen molar-refractivity contribution in [2.45, 2.75) is 11.3 Å². The molecule has 0 bridgehead atoms. The lowest BCUT2D eigenvalue weighted by Gasteiger charge is -2.30. The molecule has 5 heteroatoms. The van der Waals surface area contributed by atoms with Crippen LogP contribution < -0.4 is 0 Å². The molecule has 0 aliphatic heterocycles. The van der Waals surface area contributed by atoms with E-state index in [9.17, 15) is 0 Å². The summed E-state index contributed by atoms with van der Waals surface area (Å²) in [7, 11) is 0. The number of rotatable bonds is 4. The second kappa shape index (κ2) is 12.1. The molecular formula is C53H31F2N3. The summed E-state index contributed by atoms with van der Waals surface area (Å²) in [5, 5.41) is 0. The van der Waals surface area contributed by atoms with Gasteiger partial charge in [0.2, 0.25) is 0 Å². The predicted octanol–water partition coefficient (Wildman–Crippen LogP) is 13.0. The maximum Gasteiger partial charge on any atom is 0.299 e. The van der Waals surface area contributed by atoms with Crippen LogP contribution in [0.25, 0.3) is 78.7 Å². The standard InChI is InChI=1S/C53H31F2N3/c54-53(55)46-27-24-34(35-23-26-40-39-19-9-12-22-45(39)52(48(40)31-35)43-20-10-7-17-37(43)38-18-8-11-21-44(38)52)29-41(46)42-30-36(25-28-47(42)53)51-57-49(32-13-3-1-4-14-32)56-50(58-51)33-15-5-2-6-16-33/h1-31H. The van der Waals surface area contributed by atoms with Crippen LogP contribution in [0.3, 0.4) is 0 Å². The molecule has 3 aliphatic rings. The summed E-state index contributed by atoms with van der Waals surface area (Å²) in [4.78, 5) is 14.6. The molecule has 12 rings (SSSR count). The zero-order valence-electron chi connectivity index (χ0n) is 31.0. The average molecular weight is 748 g/mol. The van der Waals surface area contributed by atoms with E-state index in [1.54, 1.807) is 12.1 Å². The fourth-order valence-corrected chi connectivity index (χ4v) is 9.76. The van der Waals surface area contributed by atoms with E-state index in [2.05, 4.69) is 91.0 Å². The van der Waals surface area contributed by atoms with E-state index in [0.29, 0.717) is 34.2 Å². The van der Waals surface area contributed by atoms with Crippen molar-refractivity contribution in [1.82, 2.24) is 15.0 Å². The number of hydrogen-bond acceptors (Lipinski definition) is 3. The second-order valence-electron chi connectivity index (χ2n) is 15.3. The van der Waals surface area contributed by atoms with Crippen molar-refractivity contribution in [3.63, 3.8) is 0 Å². The predicted molar refractivity (Wildman–Crippen MR) is 226 cm³/mol. The Morgan fingerprint density at radius 3 is 1.17 bits per heavy atom. The molecule has 0 amide bonds. The first-order valence-corrected chi connectivity index (χ1v) is 19.5. The molecule has 0 saturated heterocycles. The molecule has 58 heavy (non-hydrogen) atoms. The van der Waals surface area contributed by atoms with Gasteiger partial charge < -0.3 is 0 Å². The third-order valence-corrected chi connectivity index (χ3v) is 12.3. The lowest BCUT2D eigenvalue weighted by atomic mass is 9.70. The van der Waals surface area contributed by atoms with E-state index < -0.39 is 11.3 Å². The van der Waals surface area contributed by atoms with Crippen LogP contribution >= 0.6 is 0 Å². The molecule has 0 saturated carbocycles. The zero-order chi connectivity index (χ0) is 38.6. The largest absolute Gasteiger partial charge is 0.299 e. The van der Waals surface area contributed by atoms with Crippen LogP contribution in [0.2, 0.25) is 0 Å². The molecule has 1 aromatic heterocycles. The number of nitrogens with zero attached hydrogens (tertiary/aromatic N) is 3. The van der Waals surface area contributed by atoms with Crippen LogP contribution in [-0.2, 0) is 11.3 Å². The molecule has 0 atom stereocenters. The Hall–Kier alpha value is -7.37. The van der Waals surface area contributed by atoms with E-state index in [1.165, 1.54) is 50.6 Å². The van der Waals surface area contributed by atoms with Gasteiger partial charge in [0.15, 0.2) is 17.5 Å². The fraction of sp³-hybridized carbons (Fsp3) is 0.0377. The Balaban J connectivity index is 1.02. The summed E-state index contributed by atoms with van der Waals surface area (Å²) in [6.07, 6.45) is 0. The molecule has 3 aliphatic carbocycles. The Bertz CT molecular complexity index is 3030. The quantitative estimate of drug-likeness (QED) is 0.180. The minimum absolute atomic E-state index is 0.00215. The van der Waals surface area contributed by atoms with E-state index in [1.807, 2.05) is 78.9 Å². The zero-order valence-corrected chi connectivity index (χ0v) is 31.0. The summed E-state index contributed by atoms with van der Waals surface area (Å²) in [5.74, 6) is -1.71. The minimum atomic E-state index is -3.16. The van der Waals surface area contributed by atoms with E-state index in [4.69, 9.17) is 15.0 Å². The molecule has 0 fully saturated rings. The van der Waals surface area contributed by atoms with Crippen molar-refractivity contribution >= 4 is 0 Å². The van der Waals surface area contributed by atoms with Crippen molar-refractivity contribution < 1.29 is 8.78 Å². The van der Waals surface area contributed by atoms with E-state index in [0.717, 1.165) is 22.3 Å². The SMILES string of the molecule is FC1(F)c2ccc(-c3ccc4c(c3)C3(c5ccccc5-c5ccccc53)c3ccccc3-4)cc2-c2cc(-c3nc(-c4ccccc4)nc(-c4ccccc4)n3)ccc21. The second-order valence-corrected chi connectivity index (χ2v) is 15.3. The Morgan fingerprint density at radius 2 is 0.655 bits per heavy atom. The highest BCUT2D eigenvalue weighted by Crippen LogP contribution is 2.63. The maximum atomic E-state index is 16.3. The first-order valence-electron chi connectivity index (χ1n) is 19.5. The summed E-state index contributed by atoms with van der Waals surface area (Å²) >= 11 is 0. The van der Waals surface area contributed by atoms with Gasteiger partial charge in [-0.3, -0.25) is 0 Å². The van der Waals surface area contributed by atoms with Gasteiger partial charge >= 0.3 is 0 Å². The molecular weight excluding hydrogens is 717 g/mol. The fourth-order valence-electron chi connectivity index (χ4n) is 9.76. The smallest absolute Gasteiger partial charge is 0.208 e. The van der Waals surface area contributed by atoms with Gasteiger partial charge in [0.1, 0.15) is 0 Å². The van der Waals surface area contributed by atoms with Crippen LogP contribution in [0.15, 0.2) is 188 Å². The number of halogens is 2. The number of benzene rings is 8. The summed E-state index contributed by atoms with van der Waals surface area (Å²) in [6, 6.07) is 62.7. The van der Waals surface area contributed by atoms with Crippen LogP contribution in [-0.4, -0.2) is 15.0 Å². The summed E-state index contributed by atoms with van der Waals surface area (Å²) in [6.45, 7) is 0. The third-order valence-electron chi connectivity index (χ3n) is 12.3. The van der Waals surface area contributed by atoms with Gasteiger partial charge in [0.05, 0.1) is 5.41 Å². The molecule has 0 radical (unpaired) electrons. The molecule has 0 unspecified atom stereocenters. The van der Waals surface area contributed by atoms with Gasteiger partial charge in [0, 0.05) is 27.8 Å². The van der Waals surface area contributed by atoms with Crippen LogP contribution in [0.4, 0.5) is 8.78 Å². The highest BCUT2D eigenvalue weighted by Gasteiger charge is 2.51. The molecule has 1 heterocycles. The van der Waals surface area contributed by atoms with Gasteiger partial charge in [-0.25, -0.2) is 15.0 Å². The number of aromatic nitrogens is 3. The van der Waals surface area contributed by atoms with Gasteiger partial charge in [0.25, 0.3) is 5.92 Å². The molecule has 8 aromatic carbocycles. The Labute approximate surface area is 334 Å². The lowest BCUT2D eigenvalue weighted by Crippen LogP contribution is -2.25. The van der Waals surface area contributed by atoms with E-state index >= 15 is 8.78 Å².